The summed E-state index contributed by atoms with van der Waals surface area (Å²) in [5, 5.41) is 3.87. The van der Waals surface area contributed by atoms with Gasteiger partial charge in [-0.15, -0.1) is 0 Å². The van der Waals surface area contributed by atoms with E-state index in [-0.39, 0.29) is 12.0 Å². The van der Waals surface area contributed by atoms with Gasteiger partial charge in [-0.05, 0) is 49.8 Å². The summed E-state index contributed by atoms with van der Waals surface area (Å²) >= 11 is 1.43. The van der Waals surface area contributed by atoms with Crippen LogP contribution in [0, 0.1) is 13.8 Å². The lowest BCUT2D eigenvalue weighted by Gasteiger charge is -2.18. The largest absolute Gasteiger partial charge is 0.491 e. The Balaban J connectivity index is 2.01. The number of hydrogen-bond acceptors (Lipinski definition) is 7. The molecule has 0 saturated carbocycles. The molecule has 7 heteroatoms. The molecule has 0 radical (unpaired) electrons. The number of aromatic nitrogens is 3. The molecule has 0 aliphatic carbocycles. The molecule has 1 unspecified atom stereocenters. The van der Waals surface area contributed by atoms with E-state index in [1.165, 1.54) is 22.9 Å². The molecule has 0 bridgehead atoms. The van der Waals surface area contributed by atoms with Crippen LogP contribution in [0.5, 0.6) is 5.75 Å². The lowest BCUT2D eigenvalue weighted by Crippen LogP contribution is -2.27. The van der Waals surface area contributed by atoms with Crippen LogP contribution in [-0.2, 0) is 0 Å². The smallest absolute Gasteiger partial charge is 0.228 e. The van der Waals surface area contributed by atoms with E-state index in [0.717, 1.165) is 12.2 Å². The van der Waals surface area contributed by atoms with Crippen LogP contribution in [0.1, 0.15) is 24.5 Å². The lowest BCUT2D eigenvalue weighted by molar-refractivity contribution is 0.293. The number of rotatable bonds is 7. The second-order valence-corrected chi connectivity index (χ2v) is 6.16. The van der Waals surface area contributed by atoms with E-state index >= 15 is 0 Å². The number of hydrogen-bond donors (Lipinski definition) is 2. The van der Waals surface area contributed by atoms with Crippen LogP contribution < -0.4 is 15.8 Å². The summed E-state index contributed by atoms with van der Waals surface area (Å²) in [6.07, 6.45) is 2.78. The summed E-state index contributed by atoms with van der Waals surface area (Å²) in [4.78, 5) is 12.5. The predicted molar refractivity (Wildman–Crippen MR) is 95.1 cm³/mol. The first-order valence-electron chi connectivity index (χ1n) is 7.53. The summed E-state index contributed by atoms with van der Waals surface area (Å²) in [5.74, 6) is 1.58. The van der Waals surface area contributed by atoms with Crippen LogP contribution in [0.2, 0.25) is 0 Å². The van der Waals surface area contributed by atoms with Crippen molar-refractivity contribution in [2.75, 3.05) is 23.9 Å². The summed E-state index contributed by atoms with van der Waals surface area (Å²) in [6.45, 7) is 6.74. The fourth-order valence-electron chi connectivity index (χ4n) is 2.19. The number of ether oxygens (including phenoxy) is 1. The average Bonchev–Trinajstić information content (AvgIpc) is 2.49. The van der Waals surface area contributed by atoms with Gasteiger partial charge in [-0.2, -0.15) is 15.0 Å². The highest BCUT2D eigenvalue weighted by atomic mass is 32.2. The molecule has 0 amide bonds. The van der Waals surface area contributed by atoms with Crippen molar-refractivity contribution in [2.45, 2.75) is 38.4 Å². The Labute approximate surface area is 141 Å². The molecule has 1 aromatic heterocycles. The second-order valence-electron chi connectivity index (χ2n) is 5.39. The van der Waals surface area contributed by atoms with Crippen molar-refractivity contribution >= 4 is 23.7 Å². The monoisotopic (exact) mass is 333 g/mol. The topological polar surface area (TPSA) is 86.0 Å². The number of nitrogens with two attached hydrogens (primary N) is 1. The quantitative estimate of drug-likeness (QED) is 0.753. The molecule has 1 aromatic carbocycles. The van der Waals surface area contributed by atoms with Gasteiger partial charge >= 0.3 is 0 Å². The maximum absolute atomic E-state index is 5.91. The Morgan fingerprint density at radius 1 is 1.17 bits per heavy atom. The third kappa shape index (κ3) is 5.28. The van der Waals surface area contributed by atoms with E-state index < -0.39 is 0 Å². The Hall–Kier alpha value is -2.02. The number of anilines is 2. The van der Waals surface area contributed by atoms with Crippen molar-refractivity contribution in [3.05, 3.63) is 29.3 Å². The highest BCUT2D eigenvalue weighted by Crippen LogP contribution is 2.17. The van der Waals surface area contributed by atoms with Crippen LogP contribution in [0.25, 0.3) is 0 Å². The Morgan fingerprint density at radius 2 is 1.87 bits per heavy atom. The highest BCUT2D eigenvalue weighted by Gasteiger charge is 2.11. The van der Waals surface area contributed by atoms with Gasteiger partial charge in [0, 0.05) is 0 Å². The summed E-state index contributed by atoms with van der Waals surface area (Å²) in [6, 6.07) is 6.28. The molecule has 0 aliphatic heterocycles. The van der Waals surface area contributed by atoms with Crippen molar-refractivity contribution in [2.24, 2.45) is 0 Å². The van der Waals surface area contributed by atoms with Crippen molar-refractivity contribution in [1.82, 2.24) is 15.0 Å². The number of nitrogens with one attached hydrogen (secondary N) is 1. The summed E-state index contributed by atoms with van der Waals surface area (Å²) in [5.41, 5.74) is 8.08. The zero-order valence-electron chi connectivity index (χ0n) is 14.0. The van der Waals surface area contributed by atoms with Gasteiger partial charge in [0.15, 0.2) is 5.16 Å². The molecule has 3 N–H and O–H groups in total. The Morgan fingerprint density at radius 3 is 2.48 bits per heavy atom. The maximum Gasteiger partial charge on any atom is 0.228 e. The van der Waals surface area contributed by atoms with Gasteiger partial charge in [-0.1, -0.05) is 24.8 Å². The second kappa shape index (κ2) is 8.01. The fourth-order valence-corrected chi connectivity index (χ4v) is 2.55. The van der Waals surface area contributed by atoms with Gasteiger partial charge in [-0.3, -0.25) is 0 Å². The molecule has 0 saturated heterocycles. The third-order valence-corrected chi connectivity index (χ3v) is 3.83. The van der Waals surface area contributed by atoms with Gasteiger partial charge in [0.1, 0.15) is 12.4 Å². The third-order valence-electron chi connectivity index (χ3n) is 3.29. The van der Waals surface area contributed by atoms with Crippen LogP contribution in [0.15, 0.2) is 23.4 Å². The van der Waals surface area contributed by atoms with E-state index in [0.29, 0.717) is 17.7 Å². The molecular formula is C16H23N5OS. The molecule has 1 atom stereocenters. The summed E-state index contributed by atoms with van der Waals surface area (Å²) < 4.78 is 5.91. The number of aryl methyl sites for hydroxylation is 2. The minimum atomic E-state index is 0.0901. The Kier molecular flexibility index (Phi) is 6.04. The van der Waals surface area contributed by atoms with Crippen molar-refractivity contribution in [1.29, 1.82) is 0 Å². The maximum atomic E-state index is 5.91. The number of thioether (sulfide) groups is 1. The number of nitrogens with zero attached hydrogens (tertiary/aromatic N) is 3. The molecule has 0 spiro atoms. The minimum absolute atomic E-state index is 0.0901. The van der Waals surface area contributed by atoms with Crippen LogP contribution in [0.3, 0.4) is 0 Å². The van der Waals surface area contributed by atoms with Crippen LogP contribution in [-0.4, -0.2) is 33.9 Å². The standard InChI is InChI=1S/C16H23N5OS/c1-5-12(9-22-13-7-10(2)6-11(3)8-13)18-15-19-14(17)20-16(21-15)23-4/h6-8,12H,5,9H2,1-4H3,(H3,17,18,19,20,21). The molecule has 6 nitrogen and oxygen atoms in total. The van der Waals surface area contributed by atoms with Crippen LogP contribution >= 0.6 is 11.8 Å². The minimum Gasteiger partial charge on any atom is -0.491 e. The first-order chi connectivity index (χ1) is 11.0. The normalized spacial score (nSPS) is 12.0. The first-order valence-corrected chi connectivity index (χ1v) is 8.75. The van der Waals surface area contributed by atoms with Crippen molar-refractivity contribution in [3.63, 3.8) is 0 Å². The van der Waals surface area contributed by atoms with E-state index in [4.69, 9.17) is 10.5 Å². The van der Waals surface area contributed by atoms with E-state index in [1.807, 2.05) is 18.4 Å². The van der Waals surface area contributed by atoms with Crippen LogP contribution in [0.4, 0.5) is 11.9 Å². The predicted octanol–water partition coefficient (Wildman–Crippen LogP) is 3.06. The van der Waals surface area contributed by atoms with Crippen molar-refractivity contribution in [3.8, 4) is 5.75 Å². The molecule has 2 rings (SSSR count). The SMILES string of the molecule is CCC(COc1cc(C)cc(C)c1)Nc1nc(N)nc(SC)n1. The molecule has 23 heavy (non-hydrogen) atoms. The summed E-state index contributed by atoms with van der Waals surface area (Å²) in [7, 11) is 0. The molecule has 124 valence electrons. The van der Waals surface area contributed by atoms with E-state index in [2.05, 4.69) is 47.1 Å². The van der Waals surface area contributed by atoms with E-state index in [1.54, 1.807) is 0 Å². The molecule has 0 aliphatic rings. The number of nitrogen functional groups attached to an aromatic ring is 1. The zero-order valence-corrected chi connectivity index (χ0v) is 14.8. The molecule has 1 heterocycles. The lowest BCUT2D eigenvalue weighted by atomic mass is 10.1. The van der Waals surface area contributed by atoms with Crippen molar-refractivity contribution < 1.29 is 4.74 Å². The van der Waals surface area contributed by atoms with Gasteiger partial charge < -0.3 is 15.8 Å². The number of benzene rings is 1. The molecule has 0 fully saturated rings. The molecule has 2 aromatic rings. The molecular weight excluding hydrogens is 310 g/mol. The van der Waals surface area contributed by atoms with Gasteiger partial charge in [0.05, 0.1) is 6.04 Å². The first kappa shape index (κ1) is 17.3. The van der Waals surface area contributed by atoms with Gasteiger partial charge in [0.25, 0.3) is 0 Å². The van der Waals surface area contributed by atoms with Gasteiger partial charge in [-0.25, -0.2) is 0 Å². The highest BCUT2D eigenvalue weighted by molar-refractivity contribution is 7.98. The fraction of sp³-hybridized carbons (Fsp3) is 0.438. The average molecular weight is 333 g/mol. The zero-order chi connectivity index (χ0) is 16.8. The van der Waals surface area contributed by atoms with E-state index in [9.17, 15) is 0 Å². The Bertz CT molecular complexity index is 645. The van der Waals surface area contributed by atoms with Gasteiger partial charge in [0.2, 0.25) is 11.9 Å².